The molecule has 0 aliphatic heterocycles. The van der Waals surface area contributed by atoms with E-state index in [1.54, 1.807) is 6.07 Å². The number of carbonyl (C=O) groups is 2. The second kappa shape index (κ2) is 5.79. The van der Waals surface area contributed by atoms with Crippen molar-refractivity contribution in [3.05, 3.63) is 41.2 Å². The number of hydrogen-bond acceptors (Lipinski definition) is 3. The van der Waals surface area contributed by atoms with Gasteiger partial charge in [-0.15, -0.1) is 0 Å². The molecule has 1 aromatic rings. The summed E-state index contributed by atoms with van der Waals surface area (Å²) in [4.78, 5) is 21.9. The number of hydrogen-bond donors (Lipinski definition) is 1. The van der Waals surface area contributed by atoms with Crippen LogP contribution in [-0.4, -0.2) is 24.2 Å². The average Bonchev–Trinajstić information content (AvgIpc) is 2.26. The van der Waals surface area contributed by atoms with Crippen molar-refractivity contribution in [2.75, 3.05) is 7.11 Å². The van der Waals surface area contributed by atoms with E-state index in [0.29, 0.717) is 5.56 Å². The van der Waals surface area contributed by atoms with Crippen molar-refractivity contribution in [2.45, 2.75) is 6.42 Å². The van der Waals surface area contributed by atoms with Crippen molar-refractivity contribution >= 4 is 18.0 Å². The Morgan fingerprint density at radius 3 is 2.71 bits per heavy atom. The number of carboxylic acids is 1. The highest BCUT2D eigenvalue weighted by Crippen LogP contribution is 2.12. The van der Waals surface area contributed by atoms with Gasteiger partial charge in [0.2, 0.25) is 0 Å². The van der Waals surface area contributed by atoms with E-state index in [1.807, 2.05) is 0 Å². The highest BCUT2D eigenvalue weighted by atomic mass is 19.1. The average molecular weight is 238 g/mol. The standard InChI is InChI=1S/C12H11FO4/c1-17-12(16)9(7-11(14)15)5-8-3-2-4-10(13)6-8/h2-6H,7H2,1H3,(H,14,15). The Labute approximate surface area is 97.3 Å². The van der Waals surface area contributed by atoms with Gasteiger partial charge in [0.1, 0.15) is 5.82 Å². The monoisotopic (exact) mass is 238 g/mol. The molecule has 0 aliphatic carbocycles. The lowest BCUT2D eigenvalue weighted by Crippen LogP contribution is -2.09. The normalized spacial score (nSPS) is 11.1. The number of ether oxygens (including phenoxy) is 1. The Bertz CT molecular complexity index is 465. The Hall–Kier alpha value is -2.17. The smallest absolute Gasteiger partial charge is 0.334 e. The third-order valence-corrected chi connectivity index (χ3v) is 1.98. The number of methoxy groups -OCH3 is 1. The summed E-state index contributed by atoms with van der Waals surface area (Å²) < 4.78 is 17.4. The quantitative estimate of drug-likeness (QED) is 0.642. The first-order chi connectivity index (χ1) is 8.02. The van der Waals surface area contributed by atoms with Gasteiger partial charge in [0.05, 0.1) is 13.5 Å². The zero-order chi connectivity index (χ0) is 12.8. The zero-order valence-electron chi connectivity index (χ0n) is 9.14. The van der Waals surface area contributed by atoms with Gasteiger partial charge in [0.15, 0.2) is 0 Å². The molecular formula is C12H11FO4. The molecule has 0 spiro atoms. The number of esters is 1. The maximum Gasteiger partial charge on any atom is 0.334 e. The molecule has 0 bridgehead atoms. The molecule has 90 valence electrons. The minimum Gasteiger partial charge on any atom is -0.481 e. The van der Waals surface area contributed by atoms with Crippen LogP contribution in [-0.2, 0) is 14.3 Å². The maximum absolute atomic E-state index is 12.9. The molecule has 0 aromatic heterocycles. The van der Waals surface area contributed by atoms with Gasteiger partial charge in [-0.05, 0) is 23.8 Å². The molecule has 0 radical (unpaired) electrons. The van der Waals surface area contributed by atoms with Crippen LogP contribution in [0.4, 0.5) is 4.39 Å². The van der Waals surface area contributed by atoms with Crippen LogP contribution < -0.4 is 0 Å². The van der Waals surface area contributed by atoms with Crippen LogP contribution in [0.1, 0.15) is 12.0 Å². The van der Waals surface area contributed by atoms with E-state index in [-0.39, 0.29) is 5.57 Å². The molecule has 1 N–H and O–H groups in total. The van der Waals surface area contributed by atoms with Crippen molar-refractivity contribution in [1.82, 2.24) is 0 Å². The van der Waals surface area contributed by atoms with E-state index in [0.717, 1.165) is 7.11 Å². The van der Waals surface area contributed by atoms with Crippen LogP contribution in [0.15, 0.2) is 29.8 Å². The van der Waals surface area contributed by atoms with Crippen LogP contribution in [0, 0.1) is 5.82 Å². The Kier molecular flexibility index (Phi) is 4.39. The number of rotatable bonds is 4. The first-order valence-corrected chi connectivity index (χ1v) is 4.79. The third kappa shape index (κ3) is 4.06. The van der Waals surface area contributed by atoms with E-state index in [4.69, 9.17) is 5.11 Å². The summed E-state index contributed by atoms with van der Waals surface area (Å²) in [5.41, 5.74) is 0.372. The van der Waals surface area contributed by atoms with Crippen molar-refractivity contribution in [1.29, 1.82) is 0 Å². The van der Waals surface area contributed by atoms with Crippen molar-refractivity contribution in [3.8, 4) is 0 Å². The van der Waals surface area contributed by atoms with Crippen molar-refractivity contribution in [2.24, 2.45) is 0 Å². The van der Waals surface area contributed by atoms with E-state index in [9.17, 15) is 14.0 Å². The maximum atomic E-state index is 12.9. The van der Waals surface area contributed by atoms with Crippen LogP contribution in [0.5, 0.6) is 0 Å². The number of carbonyl (C=O) groups excluding carboxylic acids is 1. The lowest BCUT2D eigenvalue weighted by atomic mass is 10.1. The Morgan fingerprint density at radius 2 is 2.18 bits per heavy atom. The minimum absolute atomic E-state index is 0.0365. The molecule has 0 unspecified atom stereocenters. The first-order valence-electron chi connectivity index (χ1n) is 4.79. The van der Waals surface area contributed by atoms with E-state index in [2.05, 4.69) is 4.74 Å². The zero-order valence-corrected chi connectivity index (χ0v) is 9.14. The van der Waals surface area contributed by atoms with Gasteiger partial charge in [0.25, 0.3) is 0 Å². The molecule has 0 fully saturated rings. The van der Waals surface area contributed by atoms with Gasteiger partial charge in [-0.3, -0.25) is 4.79 Å². The summed E-state index contributed by atoms with van der Waals surface area (Å²) >= 11 is 0. The van der Waals surface area contributed by atoms with Gasteiger partial charge >= 0.3 is 11.9 Å². The number of carboxylic acid groups (broad SMARTS) is 1. The van der Waals surface area contributed by atoms with Gasteiger partial charge in [-0.1, -0.05) is 12.1 Å². The SMILES string of the molecule is COC(=O)C(=Cc1cccc(F)c1)CC(=O)O. The summed E-state index contributed by atoms with van der Waals surface area (Å²) in [6.45, 7) is 0. The molecule has 5 heteroatoms. The molecule has 0 heterocycles. The lowest BCUT2D eigenvalue weighted by molar-refractivity contribution is -0.141. The van der Waals surface area contributed by atoms with Gasteiger partial charge in [-0.25, -0.2) is 9.18 Å². The molecule has 0 saturated carbocycles. The van der Waals surface area contributed by atoms with Crippen molar-refractivity contribution < 1.29 is 23.8 Å². The highest BCUT2D eigenvalue weighted by molar-refractivity contribution is 5.97. The molecular weight excluding hydrogens is 227 g/mol. The second-order valence-electron chi connectivity index (χ2n) is 3.29. The molecule has 1 aromatic carbocycles. The summed E-state index contributed by atoms with van der Waals surface area (Å²) in [7, 11) is 1.16. The van der Waals surface area contributed by atoms with Gasteiger partial charge < -0.3 is 9.84 Å². The van der Waals surface area contributed by atoms with Crippen LogP contribution in [0.25, 0.3) is 6.08 Å². The van der Waals surface area contributed by atoms with E-state index < -0.39 is 24.2 Å². The fourth-order valence-corrected chi connectivity index (χ4v) is 1.27. The molecule has 17 heavy (non-hydrogen) atoms. The fraction of sp³-hybridized carbons (Fsp3) is 0.167. The largest absolute Gasteiger partial charge is 0.481 e. The Morgan fingerprint density at radius 1 is 1.47 bits per heavy atom. The van der Waals surface area contributed by atoms with Crippen LogP contribution in [0.3, 0.4) is 0 Å². The number of aliphatic carboxylic acids is 1. The molecule has 0 saturated heterocycles. The molecule has 4 nitrogen and oxygen atoms in total. The molecule has 0 aliphatic rings. The number of halogens is 1. The number of benzene rings is 1. The first kappa shape index (κ1) is 12.9. The second-order valence-corrected chi connectivity index (χ2v) is 3.29. The molecule has 1 rings (SSSR count). The predicted octanol–water partition coefficient (Wildman–Crippen LogP) is 1.86. The lowest BCUT2D eigenvalue weighted by Gasteiger charge is -2.02. The van der Waals surface area contributed by atoms with E-state index >= 15 is 0 Å². The van der Waals surface area contributed by atoms with Gasteiger partial charge in [-0.2, -0.15) is 0 Å². The fourth-order valence-electron chi connectivity index (χ4n) is 1.27. The highest BCUT2D eigenvalue weighted by Gasteiger charge is 2.13. The Balaban J connectivity index is 3.04. The topological polar surface area (TPSA) is 63.6 Å². The molecule has 0 amide bonds. The third-order valence-electron chi connectivity index (χ3n) is 1.98. The summed E-state index contributed by atoms with van der Waals surface area (Å²) in [5, 5.41) is 8.64. The summed E-state index contributed by atoms with van der Waals surface area (Å²) in [6, 6.07) is 5.49. The van der Waals surface area contributed by atoms with Crippen LogP contribution >= 0.6 is 0 Å². The summed E-state index contributed by atoms with van der Waals surface area (Å²) in [6.07, 6.45) is 0.826. The molecule has 0 atom stereocenters. The minimum atomic E-state index is -1.15. The predicted molar refractivity (Wildman–Crippen MR) is 58.6 cm³/mol. The van der Waals surface area contributed by atoms with Gasteiger partial charge in [0, 0.05) is 5.57 Å². The summed E-state index contributed by atoms with van der Waals surface area (Å²) in [5.74, 6) is -2.35. The van der Waals surface area contributed by atoms with Crippen LogP contribution in [0.2, 0.25) is 0 Å². The van der Waals surface area contributed by atoms with E-state index in [1.165, 1.54) is 24.3 Å². The van der Waals surface area contributed by atoms with Crippen molar-refractivity contribution in [3.63, 3.8) is 0 Å².